The van der Waals surface area contributed by atoms with Gasteiger partial charge in [-0.15, -0.1) is 0 Å². The molecule has 0 radical (unpaired) electrons. The topological polar surface area (TPSA) is 0 Å². The Bertz CT molecular complexity index is 589. The van der Waals surface area contributed by atoms with Crippen LogP contribution < -0.4 is 0 Å². The van der Waals surface area contributed by atoms with Crippen molar-refractivity contribution in [3.05, 3.63) is 68.2 Å². The molecular formula is C16H15Cl3. The second-order valence-corrected chi connectivity index (χ2v) is 6.11. The molecule has 0 aliphatic carbocycles. The zero-order valence-electron chi connectivity index (χ0n) is 10.9. The molecule has 2 aromatic carbocycles. The third-order valence-corrected chi connectivity index (χ3v) is 4.17. The van der Waals surface area contributed by atoms with Crippen LogP contribution in [0, 0.1) is 0 Å². The van der Waals surface area contributed by atoms with Gasteiger partial charge in [-0.05, 0) is 34.7 Å². The summed E-state index contributed by atoms with van der Waals surface area (Å²) in [4.78, 5) is 0. The first-order valence-electron chi connectivity index (χ1n) is 6.20. The predicted molar refractivity (Wildman–Crippen MR) is 84.8 cm³/mol. The zero-order chi connectivity index (χ0) is 14.0. The van der Waals surface area contributed by atoms with Gasteiger partial charge in [0.25, 0.3) is 0 Å². The summed E-state index contributed by atoms with van der Waals surface area (Å²) in [5, 5.41) is 2.16. The molecule has 2 rings (SSSR count). The van der Waals surface area contributed by atoms with E-state index in [9.17, 15) is 0 Å². The summed E-state index contributed by atoms with van der Waals surface area (Å²) >= 11 is 18.6. The molecule has 0 amide bonds. The van der Waals surface area contributed by atoms with Gasteiger partial charge in [-0.1, -0.05) is 72.9 Å². The quantitative estimate of drug-likeness (QED) is 0.618. The molecule has 0 heterocycles. The fraction of sp³-hybridized carbons (Fsp3) is 0.250. The van der Waals surface area contributed by atoms with Gasteiger partial charge in [0.1, 0.15) is 0 Å². The second-order valence-electron chi connectivity index (χ2n) is 4.89. The monoisotopic (exact) mass is 312 g/mol. The Morgan fingerprint density at radius 2 is 1.68 bits per heavy atom. The molecule has 0 nitrogen and oxygen atoms in total. The summed E-state index contributed by atoms with van der Waals surface area (Å²) in [6, 6.07) is 11.7. The molecule has 0 fully saturated rings. The van der Waals surface area contributed by atoms with Crippen LogP contribution in [-0.4, -0.2) is 0 Å². The van der Waals surface area contributed by atoms with E-state index in [0.29, 0.717) is 16.0 Å². The summed E-state index contributed by atoms with van der Waals surface area (Å²) in [6.45, 7) is 4.28. The third kappa shape index (κ3) is 3.45. The van der Waals surface area contributed by atoms with Gasteiger partial charge >= 0.3 is 0 Å². The van der Waals surface area contributed by atoms with Crippen LogP contribution in [-0.2, 0) is 6.42 Å². The van der Waals surface area contributed by atoms with E-state index in [4.69, 9.17) is 34.8 Å². The molecule has 0 bridgehead atoms. The molecule has 0 aliphatic heterocycles. The van der Waals surface area contributed by atoms with Crippen LogP contribution in [0.25, 0.3) is 0 Å². The molecule has 0 unspecified atom stereocenters. The minimum atomic E-state index is 0.410. The van der Waals surface area contributed by atoms with E-state index in [2.05, 4.69) is 19.9 Å². The maximum Gasteiger partial charge on any atom is 0.0475 e. The fourth-order valence-electron chi connectivity index (χ4n) is 2.05. The minimum absolute atomic E-state index is 0.410. The first-order chi connectivity index (χ1) is 8.99. The smallest absolute Gasteiger partial charge is 0.0475 e. The van der Waals surface area contributed by atoms with Crippen molar-refractivity contribution in [2.45, 2.75) is 26.2 Å². The lowest BCUT2D eigenvalue weighted by molar-refractivity contribution is 0.863. The van der Waals surface area contributed by atoms with Crippen LogP contribution in [0.2, 0.25) is 15.1 Å². The van der Waals surface area contributed by atoms with Crippen LogP contribution in [0.3, 0.4) is 0 Å². The highest BCUT2D eigenvalue weighted by molar-refractivity contribution is 6.35. The van der Waals surface area contributed by atoms with Crippen LogP contribution >= 0.6 is 34.8 Å². The summed E-state index contributed by atoms with van der Waals surface area (Å²) in [5.41, 5.74) is 3.30. The van der Waals surface area contributed by atoms with Gasteiger partial charge < -0.3 is 0 Å². The normalized spacial score (nSPS) is 11.1. The van der Waals surface area contributed by atoms with E-state index in [0.717, 1.165) is 22.6 Å². The average Bonchev–Trinajstić information content (AvgIpc) is 2.34. The van der Waals surface area contributed by atoms with Gasteiger partial charge in [-0.3, -0.25) is 0 Å². The summed E-state index contributed by atoms with van der Waals surface area (Å²) in [5.74, 6) is 0.410. The first kappa shape index (κ1) is 14.7. The molecule has 0 atom stereocenters. The van der Waals surface area contributed by atoms with Crippen LogP contribution in [0.15, 0.2) is 36.4 Å². The lowest BCUT2D eigenvalue weighted by Gasteiger charge is -2.13. The Morgan fingerprint density at radius 3 is 2.32 bits per heavy atom. The van der Waals surface area contributed by atoms with Crippen LogP contribution in [0.4, 0.5) is 0 Å². The zero-order valence-corrected chi connectivity index (χ0v) is 13.2. The largest absolute Gasteiger partial charge is 0.0843 e. The van der Waals surface area contributed by atoms with Crippen molar-refractivity contribution in [3.8, 4) is 0 Å². The van der Waals surface area contributed by atoms with Crippen molar-refractivity contribution in [1.29, 1.82) is 0 Å². The molecule has 2 aromatic rings. The van der Waals surface area contributed by atoms with Crippen molar-refractivity contribution in [2.24, 2.45) is 0 Å². The van der Waals surface area contributed by atoms with Crippen molar-refractivity contribution in [2.75, 3.05) is 0 Å². The van der Waals surface area contributed by atoms with E-state index in [1.807, 2.05) is 24.3 Å². The molecule has 0 aliphatic rings. The maximum absolute atomic E-state index is 6.47. The Labute approximate surface area is 129 Å². The van der Waals surface area contributed by atoms with Gasteiger partial charge in [0, 0.05) is 21.5 Å². The standard InChI is InChI=1S/C16H15Cl3/c1-10(2)14-5-3-4-12(16(14)19)8-11-6-7-13(17)9-15(11)18/h3-7,9-10H,8H2,1-2H3. The molecule has 0 saturated heterocycles. The second kappa shape index (κ2) is 6.17. The molecule has 0 saturated carbocycles. The van der Waals surface area contributed by atoms with Crippen molar-refractivity contribution >= 4 is 34.8 Å². The number of hydrogen-bond donors (Lipinski definition) is 0. The highest BCUT2D eigenvalue weighted by Gasteiger charge is 2.11. The van der Waals surface area contributed by atoms with E-state index < -0.39 is 0 Å². The summed E-state index contributed by atoms with van der Waals surface area (Å²) in [6.07, 6.45) is 0.718. The predicted octanol–water partition coefficient (Wildman–Crippen LogP) is 6.36. The number of hydrogen-bond acceptors (Lipinski definition) is 0. The van der Waals surface area contributed by atoms with Crippen molar-refractivity contribution in [1.82, 2.24) is 0 Å². The molecular weight excluding hydrogens is 299 g/mol. The van der Waals surface area contributed by atoms with E-state index in [-0.39, 0.29) is 0 Å². The molecule has 0 spiro atoms. The molecule has 0 aromatic heterocycles. The molecule has 0 N–H and O–H groups in total. The first-order valence-corrected chi connectivity index (χ1v) is 7.33. The Morgan fingerprint density at radius 1 is 0.947 bits per heavy atom. The van der Waals surface area contributed by atoms with Crippen LogP contribution in [0.1, 0.15) is 36.5 Å². The average molecular weight is 314 g/mol. The minimum Gasteiger partial charge on any atom is -0.0843 e. The highest BCUT2D eigenvalue weighted by atomic mass is 35.5. The molecule has 19 heavy (non-hydrogen) atoms. The third-order valence-electron chi connectivity index (χ3n) is 3.13. The van der Waals surface area contributed by atoms with Gasteiger partial charge in [-0.25, -0.2) is 0 Å². The van der Waals surface area contributed by atoms with E-state index in [1.54, 1.807) is 6.07 Å². The maximum atomic E-state index is 6.47. The summed E-state index contributed by atoms with van der Waals surface area (Å²) in [7, 11) is 0. The molecule has 3 heteroatoms. The van der Waals surface area contributed by atoms with E-state index in [1.165, 1.54) is 5.56 Å². The van der Waals surface area contributed by atoms with Gasteiger partial charge in [0.05, 0.1) is 0 Å². The van der Waals surface area contributed by atoms with Gasteiger partial charge in [0.2, 0.25) is 0 Å². The number of rotatable bonds is 3. The SMILES string of the molecule is CC(C)c1cccc(Cc2ccc(Cl)cc2Cl)c1Cl. The summed E-state index contributed by atoms with van der Waals surface area (Å²) < 4.78 is 0. The van der Waals surface area contributed by atoms with Crippen molar-refractivity contribution in [3.63, 3.8) is 0 Å². The Kier molecular flexibility index (Phi) is 4.78. The number of benzene rings is 2. The van der Waals surface area contributed by atoms with E-state index >= 15 is 0 Å². The van der Waals surface area contributed by atoms with Gasteiger partial charge in [0.15, 0.2) is 0 Å². The van der Waals surface area contributed by atoms with Crippen LogP contribution in [0.5, 0.6) is 0 Å². The Balaban J connectivity index is 2.36. The lowest BCUT2D eigenvalue weighted by atomic mass is 9.97. The van der Waals surface area contributed by atoms with Gasteiger partial charge in [-0.2, -0.15) is 0 Å². The number of halogens is 3. The van der Waals surface area contributed by atoms with Crippen molar-refractivity contribution < 1.29 is 0 Å². The Hall–Kier alpha value is -0.690. The molecule has 100 valence electrons. The lowest BCUT2D eigenvalue weighted by Crippen LogP contribution is -1.96. The fourth-order valence-corrected chi connectivity index (χ4v) is 2.94. The highest BCUT2D eigenvalue weighted by Crippen LogP contribution is 2.31.